The van der Waals surface area contributed by atoms with Gasteiger partial charge in [-0.15, -0.1) is 0 Å². The van der Waals surface area contributed by atoms with E-state index in [-0.39, 0.29) is 46.9 Å². The minimum absolute atomic E-state index is 0.115. The van der Waals surface area contributed by atoms with Crippen molar-refractivity contribution < 1.29 is 26.7 Å². The highest BCUT2D eigenvalue weighted by Gasteiger charge is 2.42. The Bertz CT molecular complexity index is 1190. The van der Waals surface area contributed by atoms with Crippen molar-refractivity contribution in [3.63, 3.8) is 0 Å². The van der Waals surface area contributed by atoms with Gasteiger partial charge >= 0.3 is 6.18 Å². The maximum Gasteiger partial charge on any atom is 0.416 e. The maximum absolute atomic E-state index is 14.6. The lowest BCUT2D eigenvalue weighted by Gasteiger charge is -2.39. The molecule has 0 radical (unpaired) electrons. The van der Waals surface area contributed by atoms with Crippen LogP contribution in [-0.2, 0) is 11.0 Å². The van der Waals surface area contributed by atoms with E-state index < -0.39 is 35.0 Å². The van der Waals surface area contributed by atoms with Crippen LogP contribution < -0.4 is 10.6 Å². The molecule has 0 fully saturated rings. The summed E-state index contributed by atoms with van der Waals surface area (Å²) in [7, 11) is 0. The van der Waals surface area contributed by atoms with Crippen LogP contribution in [0.15, 0.2) is 65.1 Å². The molecule has 9 heteroatoms. The van der Waals surface area contributed by atoms with Gasteiger partial charge in [-0.3, -0.25) is 9.69 Å². The standard InChI is InChI=1S/C23H16F5N3O/c24-15-3-1-4-16(25)21(15)31-17-5-2-6-18(32)20(17)19(14(11-29)22(31)30)12-7-9-13(10-8-12)23(26,27)28/h1,3-4,7-10,19H,2,5-6,30H2/t19-/m0/s1. The van der Waals surface area contributed by atoms with E-state index in [1.54, 1.807) is 0 Å². The topological polar surface area (TPSA) is 70.1 Å². The number of Topliss-reactive ketones (excluding diaryl/α,β-unsaturated/α-hetero) is 1. The Morgan fingerprint density at radius 1 is 1.03 bits per heavy atom. The summed E-state index contributed by atoms with van der Waals surface area (Å²) < 4.78 is 68.2. The van der Waals surface area contributed by atoms with Crippen LogP contribution >= 0.6 is 0 Å². The fourth-order valence-corrected chi connectivity index (χ4v) is 4.24. The molecule has 1 aliphatic carbocycles. The van der Waals surface area contributed by atoms with Crippen LogP contribution in [0.3, 0.4) is 0 Å². The van der Waals surface area contributed by atoms with Gasteiger partial charge in [-0.2, -0.15) is 18.4 Å². The van der Waals surface area contributed by atoms with Crippen molar-refractivity contribution in [2.24, 2.45) is 5.73 Å². The lowest BCUT2D eigenvalue weighted by molar-refractivity contribution is -0.137. The molecule has 32 heavy (non-hydrogen) atoms. The number of nitriles is 1. The molecule has 4 rings (SSSR count). The first-order valence-electron chi connectivity index (χ1n) is 9.72. The number of alkyl halides is 3. The Kier molecular flexibility index (Phi) is 5.25. The molecule has 0 unspecified atom stereocenters. The van der Waals surface area contributed by atoms with Crippen molar-refractivity contribution in [1.29, 1.82) is 5.26 Å². The van der Waals surface area contributed by atoms with Crippen LogP contribution in [0.25, 0.3) is 0 Å². The summed E-state index contributed by atoms with van der Waals surface area (Å²) in [6.07, 6.45) is -3.75. The predicted octanol–water partition coefficient (Wildman–Crippen LogP) is 5.29. The zero-order chi connectivity index (χ0) is 23.2. The summed E-state index contributed by atoms with van der Waals surface area (Å²) in [5.74, 6) is -3.50. The molecule has 0 spiro atoms. The third-order valence-electron chi connectivity index (χ3n) is 5.65. The van der Waals surface area contributed by atoms with E-state index in [9.17, 15) is 32.0 Å². The zero-order valence-electron chi connectivity index (χ0n) is 16.5. The first kappa shape index (κ1) is 21.6. The SMILES string of the molecule is N#CC1=C(N)N(c2c(F)cccc2F)C2=C(C(=O)CCC2)[C@H]1c1ccc(C(F)(F)F)cc1. The second kappa shape index (κ2) is 7.79. The fourth-order valence-electron chi connectivity index (χ4n) is 4.24. The van der Waals surface area contributed by atoms with E-state index in [2.05, 4.69) is 0 Å². The molecule has 4 nitrogen and oxygen atoms in total. The van der Waals surface area contributed by atoms with Crippen molar-refractivity contribution in [3.05, 3.63) is 87.9 Å². The smallest absolute Gasteiger partial charge is 0.384 e. The minimum Gasteiger partial charge on any atom is -0.384 e. The first-order chi connectivity index (χ1) is 15.1. The van der Waals surface area contributed by atoms with Gasteiger partial charge in [0, 0.05) is 17.7 Å². The van der Waals surface area contributed by atoms with Gasteiger partial charge in [0.2, 0.25) is 0 Å². The number of rotatable bonds is 2. The Labute approximate surface area is 180 Å². The molecule has 1 atom stereocenters. The number of nitrogens with zero attached hydrogens (tertiary/aromatic N) is 2. The molecule has 0 bridgehead atoms. The van der Waals surface area contributed by atoms with Gasteiger partial charge in [0.15, 0.2) is 5.78 Å². The van der Waals surface area contributed by atoms with E-state index in [1.165, 1.54) is 18.2 Å². The van der Waals surface area contributed by atoms with E-state index in [0.29, 0.717) is 6.42 Å². The number of nitrogens with two attached hydrogens (primary N) is 1. The van der Waals surface area contributed by atoms with Crippen LogP contribution in [0.1, 0.15) is 36.3 Å². The van der Waals surface area contributed by atoms with Crippen LogP contribution in [0, 0.1) is 23.0 Å². The number of carbonyl (C=O) groups is 1. The number of allylic oxidation sites excluding steroid dienone is 3. The van der Waals surface area contributed by atoms with Gasteiger partial charge in [-0.05, 0) is 42.7 Å². The number of anilines is 1. The zero-order valence-corrected chi connectivity index (χ0v) is 16.5. The van der Waals surface area contributed by atoms with E-state index in [1.807, 2.05) is 6.07 Å². The molecule has 2 aromatic carbocycles. The number of hydrogen-bond donors (Lipinski definition) is 1. The van der Waals surface area contributed by atoms with Crippen LogP contribution in [0.5, 0.6) is 0 Å². The lowest BCUT2D eigenvalue weighted by atomic mass is 9.75. The van der Waals surface area contributed by atoms with Gasteiger partial charge in [-0.25, -0.2) is 8.78 Å². The molecule has 0 saturated heterocycles. The highest BCUT2D eigenvalue weighted by Crippen LogP contribution is 2.47. The molecule has 2 aliphatic rings. The van der Waals surface area contributed by atoms with Gasteiger partial charge in [0.1, 0.15) is 23.1 Å². The molecule has 2 N–H and O–H groups in total. The van der Waals surface area contributed by atoms with Crippen molar-refractivity contribution in [1.82, 2.24) is 0 Å². The van der Waals surface area contributed by atoms with E-state index in [4.69, 9.17) is 5.73 Å². The first-order valence-corrected chi connectivity index (χ1v) is 9.72. The Morgan fingerprint density at radius 2 is 1.66 bits per heavy atom. The Balaban J connectivity index is 1.95. The average molecular weight is 445 g/mol. The molecule has 0 saturated carbocycles. The molecule has 164 valence electrons. The number of ketones is 1. The molecule has 2 aromatic rings. The fraction of sp³-hybridized carbons (Fsp3) is 0.217. The van der Waals surface area contributed by atoms with E-state index >= 15 is 0 Å². The third-order valence-corrected chi connectivity index (χ3v) is 5.65. The van der Waals surface area contributed by atoms with Crippen LogP contribution in [0.4, 0.5) is 27.6 Å². The van der Waals surface area contributed by atoms with Crippen LogP contribution in [-0.4, -0.2) is 5.78 Å². The third kappa shape index (κ3) is 3.42. The van der Waals surface area contributed by atoms with Crippen molar-refractivity contribution in [3.8, 4) is 6.07 Å². The minimum atomic E-state index is -4.55. The number of benzene rings is 2. The Hall–Kier alpha value is -3.67. The summed E-state index contributed by atoms with van der Waals surface area (Å²) in [6.45, 7) is 0. The summed E-state index contributed by atoms with van der Waals surface area (Å²) in [4.78, 5) is 14.0. The highest BCUT2D eigenvalue weighted by atomic mass is 19.4. The second-order valence-electron chi connectivity index (χ2n) is 7.51. The second-order valence-corrected chi connectivity index (χ2v) is 7.51. The predicted molar refractivity (Wildman–Crippen MR) is 106 cm³/mol. The number of halogens is 5. The summed E-state index contributed by atoms with van der Waals surface area (Å²) in [5, 5.41) is 9.84. The summed E-state index contributed by atoms with van der Waals surface area (Å²) in [5.41, 5.74) is 5.27. The monoisotopic (exact) mass is 445 g/mol. The van der Waals surface area contributed by atoms with E-state index in [0.717, 1.165) is 29.2 Å². The van der Waals surface area contributed by atoms with Crippen molar-refractivity contribution in [2.75, 3.05) is 4.90 Å². The highest BCUT2D eigenvalue weighted by molar-refractivity contribution is 6.01. The van der Waals surface area contributed by atoms with Gasteiger partial charge in [0.05, 0.1) is 23.1 Å². The van der Waals surface area contributed by atoms with Crippen molar-refractivity contribution in [2.45, 2.75) is 31.4 Å². The number of para-hydroxylation sites is 1. The normalized spacial score (nSPS) is 19.2. The molecule has 0 amide bonds. The number of carbonyl (C=O) groups excluding carboxylic acids is 1. The quantitative estimate of drug-likeness (QED) is 0.638. The molecular formula is C23H16F5N3O. The van der Waals surface area contributed by atoms with Gasteiger partial charge < -0.3 is 5.73 Å². The molecule has 0 aromatic heterocycles. The summed E-state index contributed by atoms with van der Waals surface area (Å²) >= 11 is 0. The molecule has 1 aliphatic heterocycles. The Morgan fingerprint density at radius 3 is 2.22 bits per heavy atom. The number of hydrogen-bond acceptors (Lipinski definition) is 4. The van der Waals surface area contributed by atoms with Crippen LogP contribution in [0.2, 0.25) is 0 Å². The average Bonchev–Trinajstić information content (AvgIpc) is 2.74. The van der Waals surface area contributed by atoms with Gasteiger partial charge in [-0.1, -0.05) is 18.2 Å². The maximum atomic E-state index is 14.6. The van der Waals surface area contributed by atoms with Crippen molar-refractivity contribution >= 4 is 11.5 Å². The summed E-state index contributed by atoms with van der Waals surface area (Å²) in [6, 6.07) is 9.22. The lowest BCUT2D eigenvalue weighted by Crippen LogP contribution is -2.39. The largest absolute Gasteiger partial charge is 0.416 e. The molecular weight excluding hydrogens is 429 g/mol. The van der Waals surface area contributed by atoms with Gasteiger partial charge in [0.25, 0.3) is 0 Å². The molecule has 1 heterocycles.